The molecule has 7 nitrogen and oxygen atoms in total. The molecule has 2 amide bonds. The Labute approximate surface area is 154 Å². The Morgan fingerprint density at radius 3 is 2.48 bits per heavy atom. The fraction of sp³-hybridized carbons (Fsp3) is 0.529. The molecule has 140 valence electrons. The highest BCUT2D eigenvalue weighted by Crippen LogP contribution is 2.37. The van der Waals surface area contributed by atoms with E-state index in [0.717, 1.165) is 6.42 Å². The van der Waals surface area contributed by atoms with Crippen molar-refractivity contribution in [3.05, 3.63) is 17.7 Å². The molecule has 1 fully saturated rings. The van der Waals surface area contributed by atoms with E-state index in [0.29, 0.717) is 41.8 Å². The van der Waals surface area contributed by atoms with Crippen molar-refractivity contribution in [2.45, 2.75) is 26.3 Å². The monoisotopic (exact) mass is 371 g/mol. The number of likely N-dealkylation sites (tertiary alicyclic amines) is 1. The highest BCUT2D eigenvalue weighted by atomic mass is 35.5. The molecular weight excluding hydrogens is 346 g/mol. The van der Waals surface area contributed by atoms with Crippen LogP contribution in [0.1, 0.15) is 30.6 Å². The number of nitrogens with one attached hydrogen (secondary N) is 1. The summed E-state index contributed by atoms with van der Waals surface area (Å²) in [6.45, 7) is 4.62. The van der Waals surface area contributed by atoms with Gasteiger partial charge in [0, 0.05) is 25.1 Å². The zero-order valence-electron chi connectivity index (χ0n) is 15.0. The van der Waals surface area contributed by atoms with Crippen LogP contribution in [0.15, 0.2) is 12.1 Å². The van der Waals surface area contributed by atoms with Crippen LogP contribution in [-0.2, 0) is 4.79 Å². The van der Waals surface area contributed by atoms with Crippen LogP contribution >= 0.6 is 12.4 Å². The van der Waals surface area contributed by atoms with E-state index in [1.165, 1.54) is 21.1 Å². The molecule has 0 spiro atoms. The standard InChI is InChI=1S/C17H25N3O4.ClH/c1-10-5-12(8-18)9-20(10)17(22)13-6-14(19-11(2)21)16(24-4)15(7-13)23-3;/h6-7,10,12H,5,8-9,18H2,1-4H3,(H,19,21);1H. The molecule has 0 saturated carbocycles. The maximum atomic E-state index is 12.9. The molecule has 0 aromatic heterocycles. The van der Waals surface area contributed by atoms with Gasteiger partial charge in [0.05, 0.1) is 19.9 Å². The van der Waals surface area contributed by atoms with E-state index >= 15 is 0 Å². The van der Waals surface area contributed by atoms with E-state index < -0.39 is 0 Å². The Balaban J connectivity index is 0.00000312. The van der Waals surface area contributed by atoms with Crippen LogP contribution in [0.2, 0.25) is 0 Å². The SMILES string of the molecule is COc1cc(C(=O)N2CC(CN)CC2C)cc(NC(C)=O)c1OC.Cl. The number of methoxy groups -OCH3 is 2. The number of anilines is 1. The van der Waals surface area contributed by atoms with Gasteiger partial charge >= 0.3 is 0 Å². The number of nitrogens with zero attached hydrogens (tertiary/aromatic N) is 1. The molecule has 1 heterocycles. The van der Waals surface area contributed by atoms with Gasteiger partial charge in [0.25, 0.3) is 5.91 Å². The van der Waals surface area contributed by atoms with Crippen LogP contribution < -0.4 is 20.5 Å². The van der Waals surface area contributed by atoms with Gasteiger partial charge in [0.2, 0.25) is 5.91 Å². The number of ether oxygens (including phenoxy) is 2. The Kier molecular flexibility index (Phi) is 7.51. The second-order valence-electron chi connectivity index (χ2n) is 6.08. The zero-order chi connectivity index (χ0) is 17.9. The van der Waals surface area contributed by atoms with Crippen LogP contribution in [0, 0.1) is 5.92 Å². The fourth-order valence-corrected chi connectivity index (χ4v) is 3.13. The summed E-state index contributed by atoms with van der Waals surface area (Å²) in [6.07, 6.45) is 0.897. The first-order valence-electron chi connectivity index (χ1n) is 7.95. The number of amides is 2. The van der Waals surface area contributed by atoms with E-state index in [4.69, 9.17) is 15.2 Å². The molecule has 3 N–H and O–H groups in total. The van der Waals surface area contributed by atoms with Gasteiger partial charge in [0.1, 0.15) is 0 Å². The first kappa shape index (κ1) is 21.1. The van der Waals surface area contributed by atoms with Crippen LogP contribution in [-0.4, -0.2) is 50.1 Å². The maximum Gasteiger partial charge on any atom is 0.254 e. The van der Waals surface area contributed by atoms with Gasteiger partial charge in [-0.3, -0.25) is 9.59 Å². The number of nitrogens with two attached hydrogens (primary N) is 1. The van der Waals surface area contributed by atoms with E-state index in [2.05, 4.69) is 5.32 Å². The summed E-state index contributed by atoms with van der Waals surface area (Å²) in [7, 11) is 2.98. The topological polar surface area (TPSA) is 93.9 Å². The molecule has 25 heavy (non-hydrogen) atoms. The third-order valence-corrected chi connectivity index (χ3v) is 4.29. The van der Waals surface area contributed by atoms with Crippen molar-refractivity contribution < 1.29 is 19.1 Å². The molecule has 2 atom stereocenters. The third kappa shape index (κ3) is 4.55. The van der Waals surface area contributed by atoms with Crippen molar-refractivity contribution in [3.8, 4) is 11.5 Å². The van der Waals surface area contributed by atoms with Crippen LogP contribution in [0.4, 0.5) is 5.69 Å². The molecule has 1 aromatic rings. The summed E-state index contributed by atoms with van der Waals surface area (Å²) < 4.78 is 10.6. The lowest BCUT2D eigenvalue weighted by Crippen LogP contribution is -2.34. The van der Waals surface area contributed by atoms with Crippen molar-refractivity contribution in [3.63, 3.8) is 0 Å². The largest absolute Gasteiger partial charge is 0.493 e. The molecule has 1 aliphatic rings. The number of carbonyl (C=O) groups excluding carboxylic acids is 2. The summed E-state index contributed by atoms with van der Waals surface area (Å²) >= 11 is 0. The van der Waals surface area contributed by atoms with Crippen molar-refractivity contribution in [1.29, 1.82) is 0 Å². The van der Waals surface area contributed by atoms with E-state index in [1.54, 1.807) is 12.1 Å². The Morgan fingerprint density at radius 1 is 1.32 bits per heavy atom. The van der Waals surface area contributed by atoms with Gasteiger partial charge in [-0.25, -0.2) is 0 Å². The highest BCUT2D eigenvalue weighted by molar-refractivity contribution is 5.99. The molecule has 0 radical (unpaired) electrons. The van der Waals surface area contributed by atoms with Crippen molar-refractivity contribution in [2.24, 2.45) is 11.7 Å². The molecule has 2 rings (SSSR count). The number of benzene rings is 1. The molecule has 2 unspecified atom stereocenters. The van der Waals surface area contributed by atoms with Gasteiger partial charge in [0.15, 0.2) is 11.5 Å². The first-order valence-corrected chi connectivity index (χ1v) is 7.95. The predicted molar refractivity (Wildman–Crippen MR) is 98.8 cm³/mol. The summed E-state index contributed by atoms with van der Waals surface area (Å²) in [6, 6.07) is 3.38. The molecule has 1 aliphatic heterocycles. The fourth-order valence-electron chi connectivity index (χ4n) is 3.13. The first-order chi connectivity index (χ1) is 11.4. The van der Waals surface area contributed by atoms with Crippen LogP contribution in [0.5, 0.6) is 11.5 Å². The number of rotatable bonds is 5. The highest BCUT2D eigenvalue weighted by Gasteiger charge is 2.32. The van der Waals surface area contributed by atoms with Gasteiger partial charge in [-0.2, -0.15) is 0 Å². The Morgan fingerprint density at radius 2 is 2.00 bits per heavy atom. The summed E-state index contributed by atoms with van der Waals surface area (Å²) in [5.41, 5.74) is 6.59. The molecule has 8 heteroatoms. The van der Waals surface area contributed by atoms with Gasteiger partial charge in [-0.15, -0.1) is 12.4 Å². The average Bonchev–Trinajstić information content (AvgIpc) is 2.93. The minimum absolute atomic E-state index is 0. The summed E-state index contributed by atoms with van der Waals surface area (Å²) in [5.74, 6) is 0.746. The zero-order valence-corrected chi connectivity index (χ0v) is 15.8. The van der Waals surface area contributed by atoms with Gasteiger partial charge in [-0.05, 0) is 37.9 Å². The lowest BCUT2D eigenvalue weighted by molar-refractivity contribution is -0.114. The molecule has 0 bridgehead atoms. The number of carbonyl (C=O) groups is 2. The maximum absolute atomic E-state index is 12.9. The quantitative estimate of drug-likeness (QED) is 0.824. The normalized spacial score (nSPS) is 19.2. The van der Waals surface area contributed by atoms with E-state index in [1.807, 2.05) is 11.8 Å². The molecular formula is C17H26ClN3O4. The minimum atomic E-state index is -0.252. The number of hydrogen-bond donors (Lipinski definition) is 2. The van der Waals surface area contributed by atoms with Crippen molar-refractivity contribution in [1.82, 2.24) is 4.90 Å². The lowest BCUT2D eigenvalue weighted by Gasteiger charge is -2.23. The lowest BCUT2D eigenvalue weighted by atomic mass is 10.1. The molecule has 1 aromatic carbocycles. The second kappa shape index (κ2) is 8.92. The van der Waals surface area contributed by atoms with Gasteiger partial charge in [-0.1, -0.05) is 0 Å². The van der Waals surface area contributed by atoms with Crippen LogP contribution in [0.3, 0.4) is 0 Å². The Hall–Kier alpha value is -1.99. The summed E-state index contributed by atoms with van der Waals surface area (Å²) in [5, 5.41) is 2.68. The third-order valence-electron chi connectivity index (χ3n) is 4.29. The van der Waals surface area contributed by atoms with Crippen molar-refractivity contribution >= 4 is 29.9 Å². The molecule has 1 saturated heterocycles. The smallest absolute Gasteiger partial charge is 0.254 e. The number of hydrogen-bond acceptors (Lipinski definition) is 5. The van der Waals surface area contributed by atoms with E-state index in [9.17, 15) is 9.59 Å². The Bertz CT molecular complexity index is 639. The van der Waals surface area contributed by atoms with E-state index in [-0.39, 0.29) is 30.3 Å². The molecule has 0 aliphatic carbocycles. The summed E-state index contributed by atoms with van der Waals surface area (Å²) in [4.78, 5) is 26.2. The number of halogens is 1. The average molecular weight is 372 g/mol. The van der Waals surface area contributed by atoms with Crippen LogP contribution in [0.25, 0.3) is 0 Å². The second-order valence-corrected chi connectivity index (χ2v) is 6.08. The minimum Gasteiger partial charge on any atom is -0.493 e. The predicted octanol–water partition coefficient (Wildman–Crippen LogP) is 1.89. The van der Waals surface area contributed by atoms with Crippen molar-refractivity contribution in [2.75, 3.05) is 32.6 Å². The van der Waals surface area contributed by atoms with Gasteiger partial charge < -0.3 is 25.4 Å².